The molecule has 0 saturated heterocycles. The highest BCUT2D eigenvalue weighted by Gasteiger charge is 2.52. The molecule has 0 bridgehead atoms. The third-order valence-corrected chi connectivity index (χ3v) is 7.20. The van der Waals surface area contributed by atoms with E-state index in [1.54, 1.807) is 46.1 Å². The third-order valence-electron chi connectivity index (χ3n) is 6.71. The van der Waals surface area contributed by atoms with Crippen LogP contribution in [-0.2, 0) is 34.7 Å². The summed E-state index contributed by atoms with van der Waals surface area (Å²) in [5.74, 6) is -1.49. The van der Waals surface area contributed by atoms with Crippen molar-refractivity contribution in [1.82, 2.24) is 15.0 Å². The Morgan fingerprint density at radius 3 is 2.77 bits per heavy atom. The van der Waals surface area contributed by atoms with Gasteiger partial charge in [-0.05, 0) is 49.2 Å². The molecule has 0 unspecified atom stereocenters. The molecule has 2 heterocycles. The number of carbonyl (C=O) groups is 2. The lowest BCUT2D eigenvalue weighted by atomic mass is 9.83. The summed E-state index contributed by atoms with van der Waals surface area (Å²) in [7, 11) is 0. The first-order valence-corrected chi connectivity index (χ1v) is 13.5. The molecule has 4 rings (SSSR count). The number of aliphatic hydroxyl groups is 3. The molecule has 1 aliphatic rings. The molecule has 0 fully saturated rings. The molecule has 0 radical (unpaired) electrons. The van der Waals surface area contributed by atoms with E-state index in [4.69, 9.17) is 5.11 Å². The highest BCUT2D eigenvalue weighted by molar-refractivity contribution is 9.10. The van der Waals surface area contributed by atoms with Crippen LogP contribution in [0.5, 0.6) is 0 Å². The lowest BCUT2D eigenvalue weighted by Gasteiger charge is -2.28. The average molecular weight is 598 g/mol. The largest absolute Gasteiger partial charge is 0.396 e. The van der Waals surface area contributed by atoms with E-state index in [1.165, 1.54) is 6.92 Å². The van der Waals surface area contributed by atoms with E-state index in [2.05, 4.69) is 31.6 Å². The first kappa shape index (κ1) is 28.6. The Balaban J connectivity index is 1.52. The molecule has 0 aliphatic carbocycles. The number of rotatable bonds is 11. The molecular weight excluding hydrogens is 566 g/mol. The zero-order chi connectivity index (χ0) is 28.2. The second-order valence-corrected chi connectivity index (χ2v) is 10.6. The number of aromatic nitrogens is 3. The van der Waals surface area contributed by atoms with Gasteiger partial charge in [-0.25, -0.2) is 0 Å². The van der Waals surface area contributed by atoms with E-state index in [9.17, 15) is 19.8 Å². The van der Waals surface area contributed by atoms with Crippen molar-refractivity contribution in [3.05, 3.63) is 82.1 Å². The van der Waals surface area contributed by atoms with E-state index >= 15 is 0 Å². The van der Waals surface area contributed by atoms with Crippen molar-refractivity contribution >= 4 is 39.1 Å². The highest BCUT2D eigenvalue weighted by Crippen LogP contribution is 2.46. The fourth-order valence-electron chi connectivity index (χ4n) is 4.58. The third kappa shape index (κ3) is 6.27. The lowest BCUT2D eigenvalue weighted by molar-refractivity contribution is -0.139. The van der Waals surface area contributed by atoms with Crippen LogP contribution in [0.2, 0.25) is 0 Å². The topological polar surface area (TPSA) is 141 Å². The molecule has 11 heteroatoms. The number of nitrogens with zero attached hydrogens (tertiary/aromatic N) is 4. The van der Waals surface area contributed by atoms with E-state index in [-0.39, 0.29) is 13.2 Å². The molecule has 206 valence electrons. The second kappa shape index (κ2) is 12.2. The fourth-order valence-corrected chi connectivity index (χ4v) is 4.94. The second-order valence-electron chi connectivity index (χ2n) is 9.64. The molecule has 0 saturated carbocycles. The van der Waals surface area contributed by atoms with Crippen LogP contribution in [0.15, 0.2) is 65.3 Å². The molecular formula is C28H32BrN5O5. The summed E-state index contributed by atoms with van der Waals surface area (Å²) in [5.41, 5.74) is 1.34. The van der Waals surface area contributed by atoms with Crippen LogP contribution < -0.4 is 10.2 Å². The minimum absolute atomic E-state index is 0.0162. The summed E-state index contributed by atoms with van der Waals surface area (Å²) in [4.78, 5) is 27.3. The monoisotopic (exact) mass is 597 g/mol. The van der Waals surface area contributed by atoms with E-state index in [0.29, 0.717) is 36.3 Å². The van der Waals surface area contributed by atoms with Crippen molar-refractivity contribution in [2.45, 2.75) is 51.5 Å². The number of amides is 2. The molecule has 4 N–H and O–H groups in total. The standard InChI is InChI=1S/C28H32BrN5O5/c1-18(6-3-4-12-33-17-23(11-13-35)31-32-33)28(39)24-15-21(29)9-10-25(24)34(27(28)38)16-20-7-5-8-22(14-20)30-26(37)19(2)36/h3,5-10,14-15,17-19,35-36,39H,4,11-13,16H2,1-2H3,(H,30,37)/b6-3+/t18-,19+,28+/m1/s1. The van der Waals surface area contributed by atoms with Gasteiger partial charge >= 0.3 is 0 Å². The maximum atomic E-state index is 13.8. The number of nitrogens with one attached hydrogen (secondary N) is 1. The first-order valence-electron chi connectivity index (χ1n) is 12.7. The molecule has 39 heavy (non-hydrogen) atoms. The van der Waals surface area contributed by atoms with Crippen LogP contribution in [0.4, 0.5) is 11.4 Å². The number of hydrogen-bond donors (Lipinski definition) is 4. The van der Waals surface area contributed by atoms with Crippen molar-refractivity contribution in [3.63, 3.8) is 0 Å². The maximum Gasteiger partial charge on any atom is 0.264 e. The van der Waals surface area contributed by atoms with Gasteiger partial charge in [0, 0.05) is 47.4 Å². The normalized spacial score (nSPS) is 18.4. The lowest BCUT2D eigenvalue weighted by Crippen LogP contribution is -2.44. The smallest absolute Gasteiger partial charge is 0.264 e. The van der Waals surface area contributed by atoms with E-state index < -0.39 is 29.4 Å². The Kier molecular flexibility index (Phi) is 8.96. The Labute approximate surface area is 235 Å². The molecule has 3 aromatic rings. The Bertz CT molecular complexity index is 1370. The van der Waals surface area contributed by atoms with Gasteiger partial charge < -0.3 is 25.5 Å². The van der Waals surface area contributed by atoms with Crippen LogP contribution in [-0.4, -0.2) is 54.8 Å². The number of allylic oxidation sites excluding steroid dienone is 1. The van der Waals surface area contributed by atoms with Crippen LogP contribution in [0.3, 0.4) is 0 Å². The van der Waals surface area contributed by atoms with Crippen LogP contribution >= 0.6 is 15.9 Å². The van der Waals surface area contributed by atoms with Crippen LogP contribution in [0.25, 0.3) is 0 Å². The minimum atomic E-state index is -1.77. The van der Waals surface area contributed by atoms with Gasteiger partial charge in [-0.2, -0.15) is 0 Å². The summed E-state index contributed by atoms with van der Waals surface area (Å²) >= 11 is 3.47. The van der Waals surface area contributed by atoms with Gasteiger partial charge in [-0.3, -0.25) is 14.3 Å². The number of anilines is 2. The first-order chi connectivity index (χ1) is 18.6. The van der Waals surface area contributed by atoms with E-state index in [0.717, 1.165) is 15.7 Å². The Hall–Kier alpha value is -3.38. The van der Waals surface area contributed by atoms with Gasteiger partial charge in [-0.15, -0.1) is 5.10 Å². The average Bonchev–Trinajstić information content (AvgIpc) is 3.43. The quantitative estimate of drug-likeness (QED) is 0.249. The zero-order valence-electron chi connectivity index (χ0n) is 21.8. The SMILES string of the molecule is C[C@H](O)C(=O)Nc1cccc(CN2C(=O)[C@](O)([C@H](C)/C=C/CCn3cc(CCO)nn3)c3cc(Br)ccc32)c1. The molecule has 2 amide bonds. The number of carbonyl (C=O) groups excluding carboxylic acids is 2. The predicted octanol–water partition coefficient (Wildman–Crippen LogP) is 2.91. The zero-order valence-corrected chi connectivity index (χ0v) is 23.4. The van der Waals surface area contributed by atoms with Gasteiger partial charge in [0.25, 0.3) is 11.8 Å². The molecule has 10 nitrogen and oxygen atoms in total. The van der Waals surface area contributed by atoms with Crippen molar-refractivity contribution in [3.8, 4) is 0 Å². The van der Waals surface area contributed by atoms with Gasteiger partial charge in [0.2, 0.25) is 0 Å². The van der Waals surface area contributed by atoms with Gasteiger partial charge in [0.1, 0.15) is 6.10 Å². The number of fused-ring (bicyclic) bond motifs is 1. The van der Waals surface area contributed by atoms with Crippen LogP contribution in [0.1, 0.15) is 37.1 Å². The fraction of sp³-hybridized carbons (Fsp3) is 0.357. The van der Waals surface area contributed by atoms with Gasteiger partial charge in [0.15, 0.2) is 5.60 Å². The van der Waals surface area contributed by atoms with Crippen molar-refractivity contribution in [1.29, 1.82) is 0 Å². The highest BCUT2D eigenvalue weighted by atomic mass is 79.9. The molecule has 2 aromatic carbocycles. The maximum absolute atomic E-state index is 13.8. The van der Waals surface area contributed by atoms with Crippen molar-refractivity contribution in [2.24, 2.45) is 5.92 Å². The van der Waals surface area contributed by atoms with E-state index in [1.807, 2.05) is 31.2 Å². The number of hydrogen-bond acceptors (Lipinski definition) is 7. The van der Waals surface area contributed by atoms with Gasteiger partial charge in [-0.1, -0.05) is 52.4 Å². The Morgan fingerprint density at radius 1 is 1.23 bits per heavy atom. The summed E-state index contributed by atoms with van der Waals surface area (Å²) in [6.45, 7) is 3.97. The summed E-state index contributed by atoms with van der Waals surface area (Å²) in [6, 6.07) is 12.4. The summed E-state index contributed by atoms with van der Waals surface area (Å²) in [5, 5.41) is 41.1. The molecule has 1 aromatic heterocycles. The van der Waals surface area contributed by atoms with Gasteiger partial charge in [0.05, 0.1) is 17.9 Å². The number of halogens is 1. The van der Waals surface area contributed by atoms with Crippen LogP contribution in [0, 0.1) is 5.92 Å². The molecule has 1 aliphatic heterocycles. The predicted molar refractivity (Wildman–Crippen MR) is 150 cm³/mol. The molecule has 0 spiro atoms. The Morgan fingerprint density at radius 2 is 2.03 bits per heavy atom. The van der Waals surface area contributed by atoms with Crippen molar-refractivity contribution in [2.75, 3.05) is 16.8 Å². The van der Waals surface area contributed by atoms with Crippen molar-refractivity contribution < 1.29 is 24.9 Å². The number of aliphatic hydroxyl groups excluding tert-OH is 2. The molecule has 3 atom stereocenters. The summed E-state index contributed by atoms with van der Waals surface area (Å²) < 4.78 is 2.44. The summed E-state index contributed by atoms with van der Waals surface area (Å²) in [6.07, 6.45) is 5.47. The minimum Gasteiger partial charge on any atom is -0.396 e. The number of benzene rings is 2. The number of aryl methyl sites for hydroxylation is 1.